The zero-order chi connectivity index (χ0) is 6.41. The van der Waals surface area contributed by atoms with Gasteiger partial charge in [-0.25, -0.2) is 0 Å². The molecule has 0 N–H and O–H groups in total. The SMILES string of the molecule is CCCCC(Cl)CC. The maximum Gasteiger partial charge on any atom is 0.0333 e. The summed E-state index contributed by atoms with van der Waals surface area (Å²) >= 11 is 5.84. The van der Waals surface area contributed by atoms with E-state index in [4.69, 9.17) is 11.6 Å². The molecule has 0 aliphatic heterocycles. The minimum Gasteiger partial charge on any atom is -0.123 e. The lowest BCUT2D eigenvalue weighted by molar-refractivity contribution is 0.664. The maximum atomic E-state index is 5.84. The van der Waals surface area contributed by atoms with E-state index in [0.717, 1.165) is 6.42 Å². The average molecular weight is 135 g/mol. The summed E-state index contributed by atoms with van der Waals surface area (Å²) in [7, 11) is 0. The van der Waals surface area contributed by atoms with Crippen molar-refractivity contribution < 1.29 is 0 Å². The lowest BCUT2D eigenvalue weighted by Crippen LogP contribution is -1.93. The first-order valence-electron chi connectivity index (χ1n) is 3.45. The van der Waals surface area contributed by atoms with E-state index in [1.807, 2.05) is 0 Å². The fraction of sp³-hybridized carbons (Fsp3) is 1.00. The summed E-state index contributed by atoms with van der Waals surface area (Å²) in [4.78, 5) is 0. The summed E-state index contributed by atoms with van der Waals surface area (Å²) in [5, 5.41) is 0.426. The molecule has 0 radical (unpaired) electrons. The molecule has 0 aromatic rings. The van der Waals surface area contributed by atoms with Gasteiger partial charge in [0.15, 0.2) is 0 Å². The molecule has 1 heteroatoms. The third kappa shape index (κ3) is 4.45. The highest BCUT2D eigenvalue weighted by Crippen LogP contribution is 2.09. The average Bonchev–Trinajstić information content (AvgIpc) is 1.83. The number of hydrogen-bond acceptors (Lipinski definition) is 0. The lowest BCUT2D eigenvalue weighted by atomic mass is 10.2. The fourth-order valence-corrected chi connectivity index (χ4v) is 0.784. The third-order valence-electron chi connectivity index (χ3n) is 1.31. The summed E-state index contributed by atoms with van der Waals surface area (Å²) in [6.45, 7) is 4.33. The van der Waals surface area contributed by atoms with Gasteiger partial charge < -0.3 is 0 Å². The Morgan fingerprint density at radius 1 is 1.38 bits per heavy atom. The largest absolute Gasteiger partial charge is 0.123 e. The standard InChI is InChI=1S/C7H15Cl/c1-3-5-6-7(8)4-2/h7H,3-6H2,1-2H3. The van der Waals surface area contributed by atoms with Crippen LogP contribution in [0.4, 0.5) is 0 Å². The van der Waals surface area contributed by atoms with E-state index in [1.54, 1.807) is 0 Å². The van der Waals surface area contributed by atoms with Crippen LogP contribution in [0.1, 0.15) is 39.5 Å². The van der Waals surface area contributed by atoms with E-state index in [-0.39, 0.29) is 0 Å². The van der Waals surface area contributed by atoms with Gasteiger partial charge in [0, 0.05) is 5.38 Å². The van der Waals surface area contributed by atoms with E-state index in [2.05, 4.69) is 13.8 Å². The van der Waals surface area contributed by atoms with Crippen molar-refractivity contribution in [3.63, 3.8) is 0 Å². The topological polar surface area (TPSA) is 0 Å². The first-order chi connectivity index (χ1) is 3.81. The molecular weight excluding hydrogens is 120 g/mol. The van der Waals surface area contributed by atoms with Crippen LogP contribution in [0, 0.1) is 0 Å². The molecule has 50 valence electrons. The molecule has 8 heavy (non-hydrogen) atoms. The van der Waals surface area contributed by atoms with Crippen molar-refractivity contribution in [1.82, 2.24) is 0 Å². The predicted octanol–water partition coefficient (Wildman–Crippen LogP) is 3.19. The van der Waals surface area contributed by atoms with Gasteiger partial charge in [0.25, 0.3) is 0 Å². The summed E-state index contributed by atoms with van der Waals surface area (Å²) < 4.78 is 0. The minimum absolute atomic E-state index is 0.426. The number of rotatable bonds is 4. The molecule has 0 amide bonds. The summed E-state index contributed by atoms with van der Waals surface area (Å²) in [6, 6.07) is 0. The molecule has 0 nitrogen and oxygen atoms in total. The summed E-state index contributed by atoms with van der Waals surface area (Å²) in [6.07, 6.45) is 4.85. The second-order valence-corrected chi connectivity index (χ2v) is 2.76. The molecule has 0 aliphatic rings. The van der Waals surface area contributed by atoms with Gasteiger partial charge in [0.2, 0.25) is 0 Å². The number of hydrogen-bond donors (Lipinski definition) is 0. The Morgan fingerprint density at radius 3 is 2.38 bits per heavy atom. The third-order valence-corrected chi connectivity index (χ3v) is 1.84. The van der Waals surface area contributed by atoms with Gasteiger partial charge in [-0.1, -0.05) is 26.7 Å². The van der Waals surface area contributed by atoms with E-state index in [1.165, 1.54) is 19.3 Å². The van der Waals surface area contributed by atoms with Crippen molar-refractivity contribution in [2.75, 3.05) is 0 Å². The molecule has 0 aromatic carbocycles. The van der Waals surface area contributed by atoms with Crippen LogP contribution < -0.4 is 0 Å². The van der Waals surface area contributed by atoms with Crippen molar-refractivity contribution in [2.24, 2.45) is 0 Å². The zero-order valence-corrected chi connectivity index (χ0v) is 6.54. The van der Waals surface area contributed by atoms with Crippen LogP contribution in [0.5, 0.6) is 0 Å². The first kappa shape index (κ1) is 8.29. The first-order valence-corrected chi connectivity index (χ1v) is 3.89. The smallest absolute Gasteiger partial charge is 0.0333 e. The lowest BCUT2D eigenvalue weighted by Gasteiger charge is -2.01. The molecule has 1 atom stereocenters. The normalized spacial score (nSPS) is 13.9. The fourth-order valence-electron chi connectivity index (χ4n) is 0.630. The molecule has 0 aliphatic carbocycles. The van der Waals surface area contributed by atoms with Crippen molar-refractivity contribution in [2.45, 2.75) is 44.9 Å². The van der Waals surface area contributed by atoms with Gasteiger partial charge in [-0.15, -0.1) is 11.6 Å². The maximum absolute atomic E-state index is 5.84. The Hall–Kier alpha value is 0.290. The van der Waals surface area contributed by atoms with Crippen molar-refractivity contribution in [1.29, 1.82) is 0 Å². The van der Waals surface area contributed by atoms with E-state index < -0.39 is 0 Å². The second-order valence-electron chi connectivity index (χ2n) is 2.15. The van der Waals surface area contributed by atoms with Crippen LogP contribution in [0.2, 0.25) is 0 Å². The number of unbranched alkanes of at least 4 members (excludes halogenated alkanes) is 1. The number of halogens is 1. The molecule has 0 fully saturated rings. The molecule has 0 bridgehead atoms. The molecule has 1 unspecified atom stereocenters. The van der Waals surface area contributed by atoms with Crippen molar-refractivity contribution >= 4 is 11.6 Å². The molecule has 0 saturated heterocycles. The summed E-state index contributed by atoms with van der Waals surface area (Å²) in [5.74, 6) is 0. The van der Waals surface area contributed by atoms with Gasteiger partial charge in [0.05, 0.1) is 0 Å². The van der Waals surface area contributed by atoms with Gasteiger partial charge in [-0.2, -0.15) is 0 Å². The predicted molar refractivity (Wildman–Crippen MR) is 39.5 cm³/mol. The van der Waals surface area contributed by atoms with Gasteiger partial charge in [-0.3, -0.25) is 0 Å². The summed E-state index contributed by atoms with van der Waals surface area (Å²) in [5.41, 5.74) is 0. The molecule has 0 rings (SSSR count). The van der Waals surface area contributed by atoms with Crippen LogP contribution in [0.15, 0.2) is 0 Å². The van der Waals surface area contributed by atoms with Gasteiger partial charge in [0.1, 0.15) is 0 Å². The highest BCUT2D eigenvalue weighted by molar-refractivity contribution is 6.20. The van der Waals surface area contributed by atoms with E-state index in [9.17, 15) is 0 Å². The molecule has 0 heterocycles. The molecule has 0 saturated carbocycles. The molecule has 0 spiro atoms. The Balaban J connectivity index is 2.86. The van der Waals surface area contributed by atoms with Crippen LogP contribution in [-0.4, -0.2) is 5.38 Å². The monoisotopic (exact) mass is 134 g/mol. The van der Waals surface area contributed by atoms with Crippen LogP contribution in [0.25, 0.3) is 0 Å². The number of alkyl halides is 1. The quantitative estimate of drug-likeness (QED) is 0.518. The molecular formula is C7H15Cl. The minimum atomic E-state index is 0.426. The van der Waals surface area contributed by atoms with E-state index >= 15 is 0 Å². The Labute approximate surface area is 57.2 Å². The second kappa shape index (κ2) is 5.43. The zero-order valence-electron chi connectivity index (χ0n) is 5.78. The molecule has 0 aromatic heterocycles. The van der Waals surface area contributed by atoms with Crippen LogP contribution >= 0.6 is 11.6 Å². The van der Waals surface area contributed by atoms with Gasteiger partial charge >= 0.3 is 0 Å². The Morgan fingerprint density at radius 2 is 2.00 bits per heavy atom. The van der Waals surface area contributed by atoms with Crippen LogP contribution in [0.3, 0.4) is 0 Å². The van der Waals surface area contributed by atoms with Crippen molar-refractivity contribution in [3.05, 3.63) is 0 Å². The highest BCUT2D eigenvalue weighted by atomic mass is 35.5. The van der Waals surface area contributed by atoms with Crippen molar-refractivity contribution in [3.8, 4) is 0 Å². The van der Waals surface area contributed by atoms with E-state index in [0.29, 0.717) is 5.38 Å². The Kier molecular flexibility index (Phi) is 5.62. The Bertz CT molecular complexity index is 43.7. The highest BCUT2D eigenvalue weighted by Gasteiger charge is 1.97. The van der Waals surface area contributed by atoms with Gasteiger partial charge in [-0.05, 0) is 12.8 Å². The van der Waals surface area contributed by atoms with Crippen LogP contribution in [-0.2, 0) is 0 Å².